The van der Waals surface area contributed by atoms with Gasteiger partial charge in [0.05, 0.1) is 13.2 Å². The van der Waals surface area contributed by atoms with Crippen LogP contribution in [0, 0.1) is 0 Å². The number of carbonyl (C=O) groups is 4. The zero-order valence-electron chi connectivity index (χ0n) is 19.3. The second-order valence-electron chi connectivity index (χ2n) is 8.18. The lowest BCUT2D eigenvalue weighted by molar-refractivity contribution is -0.151. The van der Waals surface area contributed by atoms with Crippen LogP contribution in [-0.4, -0.2) is 54.4 Å². The van der Waals surface area contributed by atoms with Gasteiger partial charge < -0.3 is 19.7 Å². The van der Waals surface area contributed by atoms with Gasteiger partial charge in [-0.05, 0) is 30.4 Å². The van der Waals surface area contributed by atoms with Crippen molar-refractivity contribution in [1.29, 1.82) is 0 Å². The van der Waals surface area contributed by atoms with Crippen molar-refractivity contribution in [3.63, 3.8) is 0 Å². The van der Waals surface area contributed by atoms with Crippen molar-refractivity contribution in [2.24, 2.45) is 0 Å². The minimum atomic E-state index is -0.839. The van der Waals surface area contributed by atoms with Crippen LogP contribution in [0.25, 0.3) is 0 Å². The van der Waals surface area contributed by atoms with Crippen LogP contribution in [0.3, 0.4) is 0 Å². The molecule has 34 heavy (non-hydrogen) atoms. The highest BCUT2D eigenvalue weighted by atomic mass is 16.5. The number of likely N-dealkylation sites (tertiary alicyclic amines) is 1. The summed E-state index contributed by atoms with van der Waals surface area (Å²) in [5, 5.41) is 2.66. The highest BCUT2D eigenvalue weighted by Crippen LogP contribution is 2.20. The number of rotatable bonds is 10. The maximum atomic E-state index is 13.0. The lowest BCUT2D eigenvalue weighted by Gasteiger charge is -2.23. The number of nitrogens with one attached hydrogen (secondary N) is 1. The molecular formula is C26H30N2O6. The van der Waals surface area contributed by atoms with E-state index in [0.29, 0.717) is 19.4 Å². The average Bonchev–Trinajstić information content (AvgIpc) is 3.36. The number of ether oxygens (including phenoxy) is 2. The monoisotopic (exact) mass is 466 g/mol. The summed E-state index contributed by atoms with van der Waals surface area (Å²) in [6.07, 6.45) is 0.749. The Kier molecular flexibility index (Phi) is 9.20. The van der Waals surface area contributed by atoms with E-state index < -0.39 is 24.1 Å². The normalized spacial score (nSPS) is 15.9. The van der Waals surface area contributed by atoms with Crippen LogP contribution in [0.2, 0.25) is 0 Å². The number of esters is 1. The number of carbonyl (C=O) groups excluding carboxylic acids is 4. The predicted molar refractivity (Wildman–Crippen MR) is 125 cm³/mol. The van der Waals surface area contributed by atoms with Gasteiger partial charge in [0.25, 0.3) is 0 Å². The lowest BCUT2D eigenvalue weighted by Crippen LogP contribution is -2.44. The van der Waals surface area contributed by atoms with Gasteiger partial charge in [0.1, 0.15) is 12.6 Å². The van der Waals surface area contributed by atoms with Crippen molar-refractivity contribution in [2.75, 3.05) is 13.7 Å². The first-order valence-electron chi connectivity index (χ1n) is 11.4. The van der Waals surface area contributed by atoms with Gasteiger partial charge in [0.2, 0.25) is 5.91 Å². The number of methoxy groups -OCH3 is 1. The molecule has 0 bridgehead atoms. The van der Waals surface area contributed by atoms with Gasteiger partial charge in [-0.1, -0.05) is 60.7 Å². The smallest absolute Gasteiger partial charge is 0.408 e. The van der Waals surface area contributed by atoms with Crippen molar-refractivity contribution in [3.05, 3.63) is 71.8 Å². The molecule has 1 aliphatic rings. The minimum absolute atomic E-state index is 0.0433. The van der Waals surface area contributed by atoms with E-state index in [-0.39, 0.29) is 37.6 Å². The van der Waals surface area contributed by atoms with Gasteiger partial charge in [-0.25, -0.2) is 9.59 Å². The number of ketones is 1. The van der Waals surface area contributed by atoms with Crippen LogP contribution in [-0.2, 0) is 36.9 Å². The zero-order chi connectivity index (χ0) is 24.3. The number of hydrogen-bond acceptors (Lipinski definition) is 6. The molecule has 3 rings (SSSR count). The van der Waals surface area contributed by atoms with Crippen LogP contribution in [0.1, 0.15) is 36.8 Å². The number of amides is 2. The molecule has 2 atom stereocenters. The third-order valence-corrected chi connectivity index (χ3v) is 5.81. The maximum Gasteiger partial charge on any atom is 0.408 e. The topological polar surface area (TPSA) is 102 Å². The van der Waals surface area contributed by atoms with Crippen molar-refractivity contribution in [2.45, 2.75) is 50.8 Å². The number of alkyl carbamates (subject to hydrolysis) is 1. The highest BCUT2D eigenvalue weighted by molar-refractivity contribution is 5.92. The van der Waals surface area contributed by atoms with E-state index in [2.05, 4.69) is 5.32 Å². The SMILES string of the molecule is COC(=O)[C@@H]1CCCN1C(=O)CCC(=O)[C@H](Cc1ccccc1)NC(=O)OCc1ccccc1. The molecule has 0 saturated carbocycles. The van der Waals surface area contributed by atoms with Crippen molar-refractivity contribution in [3.8, 4) is 0 Å². The largest absolute Gasteiger partial charge is 0.467 e. The molecule has 2 aromatic rings. The van der Waals surface area contributed by atoms with E-state index in [4.69, 9.17) is 9.47 Å². The van der Waals surface area contributed by atoms with Crippen LogP contribution in [0.15, 0.2) is 60.7 Å². The molecule has 180 valence electrons. The average molecular weight is 467 g/mol. The molecule has 1 N–H and O–H groups in total. The Morgan fingerprint density at radius 2 is 1.62 bits per heavy atom. The van der Waals surface area contributed by atoms with E-state index in [1.165, 1.54) is 12.0 Å². The molecule has 1 saturated heterocycles. The molecule has 8 nitrogen and oxygen atoms in total. The summed E-state index contributed by atoms with van der Waals surface area (Å²) in [4.78, 5) is 51.5. The van der Waals surface area contributed by atoms with Gasteiger partial charge in [-0.15, -0.1) is 0 Å². The van der Waals surface area contributed by atoms with Gasteiger partial charge in [-0.3, -0.25) is 9.59 Å². The van der Waals surface area contributed by atoms with Gasteiger partial charge >= 0.3 is 12.1 Å². The molecule has 2 aromatic carbocycles. The second-order valence-corrected chi connectivity index (χ2v) is 8.18. The molecule has 0 radical (unpaired) electrons. The third-order valence-electron chi connectivity index (χ3n) is 5.81. The van der Waals surface area contributed by atoms with E-state index in [1.54, 1.807) is 0 Å². The second kappa shape index (κ2) is 12.5. The number of benzene rings is 2. The Morgan fingerprint density at radius 3 is 2.26 bits per heavy atom. The van der Waals surface area contributed by atoms with E-state index in [9.17, 15) is 19.2 Å². The fourth-order valence-electron chi connectivity index (χ4n) is 4.00. The summed E-state index contributed by atoms with van der Waals surface area (Å²) < 4.78 is 10.1. The predicted octanol–water partition coefficient (Wildman–Crippen LogP) is 3.04. The number of hydrogen-bond donors (Lipinski definition) is 1. The fourth-order valence-corrected chi connectivity index (χ4v) is 4.00. The van der Waals surface area contributed by atoms with Gasteiger partial charge in [0, 0.05) is 19.4 Å². The van der Waals surface area contributed by atoms with Crippen molar-refractivity contribution >= 4 is 23.8 Å². The fraction of sp³-hybridized carbons (Fsp3) is 0.385. The molecule has 1 heterocycles. The van der Waals surface area contributed by atoms with Gasteiger partial charge in [-0.2, -0.15) is 0 Å². The first-order chi connectivity index (χ1) is 16.5. The third kappa shape index (κ3) is 7.16. The lowest BCUT2D eigenvalue weighted by atomic mass is 9.99. The molecule has 0 aromatic heterocycles. The number of nitrogens with zero attached hydrogens (tertiary/aromatic N) is 1. The van der Waals surface area contributed by atoms with E-state index in [0.717, 1.165) is 11.1 Å². The standard InChI is InChI=1S/C26H30N2O6/c1-33-25(31)22-13-8-16-28(22)24(30)15-14-23(29)21(17-19-9-4-2-5-10-19)27-26(32)34-18-20-11-6-3-7-12-20/h2-7,9-12,21-22H,8,13-18H2,1H3,(H,27,32)/t21-,22-/m0/s1. The van der Waals surface area contributed by atoms with Gasteiger partial charge in [0.15, 0.2) is 5.78 Å². The maximum absolute atomic E-state index is 13.0. The quantitative estimate of drug-likeness (QED) is 0.540. The molecule has 1 aliphatic heterocycles. The Labute approximate surface area is 199 Å². The van der Waals surface area contributed by atoms with Crippen molar-refractivity contribution in [1.82, 2.24) is 10.2 Å². The molecule has 1 fully saturated rings. The first kappa shape index (κ1) is 25.0. The van der Waals surface area contributed by atoms with Crippen LogP contribution in [0.5, 0.6) is 0 Å². The van der Waals surface area contributed by atoms with Crippen LogP contribution >= 0.6 is 0 Å². The Morgan fingerprint density at radius 1 is 0.971 bits per heavy atom. The molecular weight excluding hydrogens is 436 g/mol. The zero-order valence-corrected chi connectivity index (χ0v) is 19.3. The summed E-state index contributed by atoms with van der Waals surface area (Å²) in [6.45, 7) is 0.547. The highest BCUT2D eigenvalue weighted by Gasteiger charge is 2.35. The summed E-state index contributed by atoms with van der Waals surface area (Å²) in [5.41, 5.74) is 1.71. The minimum Gasteiger partial charge on any atom is -0.467 e. The van der Waals surface area contributed by atoms with Crippen LogP contribution < -0.4 is 5.32 Å². The summed E-state index contributed by atoms with van der Waals surface area (Å²) in [7, 11) is 1.30. The molecule has 0 spiro atoms. The molecule has 2 amide bonds. The first-order valence-corrected chi connectivity index (χ1v) is 11.4. The van der Waals surface area contributed by atoms with Crippen molar-refractivity contribution < 1.29 is 28.7 Å². The Balaban J connectivity index is 1.59. The van der Waals surface area contributed by atoms with E-state index in [1.807, 2.05) is 60.7 Å². The Bertz CT molecular complexity index is 979. The van der Waals surface area contributed by atoms with E-state index >= 15 is 0 Å². The summed E-state index contributed by atoms with van der Waals surface area (Å²) in [5.74, 6) is -0.990. The molecule has 0 unspecified atom stereocenters. The Hall–Kier alpha value is -3.68. The molecule has 0 aliphatic carbocycles. The summed E-state index contributed by atoms with van der Waals surface area (Å²) >= 11 is 0. The van der Waals surface area contributed by atoms with Crippen LogP contribution in [0.4, 0.5) is 4.79 Å². The summed E-state index contributed by atoms with van der Waals surface area (Å²) in [6, 6.07) is 17.1. The number of Topliss-reactive ketones (excluding diaryl/α,β-unsaturated/α-hetero) is 1. The molecule has 8 heteroatoms.